The monoisotopic (exact) mass is 405 g/mol. The first-order chi connectivity index (χ1) is 14.2. The summed E-state index contributed by atoms with van der Waals surface area (Å²) in [5.74, 6) is 0.619. The molecule has 0 atom stereocenters. The van der Waals surface area contributed by atoms with Crippen LogP contribution in [0.25, 0.3) is 15.9 Å². The Balaban J connectivity index is 1.41. The van der Waals surface area contributed by atoms with E-state index in [9.17, 15) is 0 Å². The molecule has 1 aliphatic rings. The Morgan fingerprint density at radius 3 is 2.86 bits per heavy atom. The van der Waals surface area contributed by atoms with Gasteiger partial charge in [0.15, 0.2) is 18.1 Å². The Bertz CT molecular complexity index is 1210. The molecule has 0 fully saturated rings. The van der Waals surface area contributed by atoms with Crippen molar-refractivity contribution in [1.82, 2.24) is 19.6 Å². The number of nitrogens with zero attached hydrogens (tertiary/aromatic N) is 5. The van der Waals surface area contributed by atoms with E-state index >= 15 is 0 Å². The van der Waals surface area contributed by atoms with Crippen molar-refractivity contribution in [3.05, 3.63) is 58.0 Å². The molecule has 0 amide bonds. The molecule has 0 saturated heterocycles. The van der Waals surface area contributed by atoms with Crippen LogP contribution in [-0.2, 0) is 24.3 Å². The van der Waals surface area contributed by atoms with Crippen molar-refractivity contribution in [2.45, 2.75) is 52.6 Å². The highest BCUT2D eigenvalue weighted by molar-refractivity contribution is 7.19. The Morgan fingerprint density at radius 2 is 2.00 bits per heavy atom. The number of thiophene rings is 1. The molecule has 0 saturated carbocycles. The predicted molar refractivity (Wildman–Crippen MR) is 116 cm³/mol. The molecule has 3 heterocycles. The molecule has 0 radical (unpaired) electrons. The summed E-state index contributed by atoms with van der Waals surface area (Å²) in [6.45, 7) is 4.24. The predicted octanol–water partition coefficient (Wildman–Crippen LogP) is 4.86. The number of benzene rings is 1. The maximum Gasteiger partial charge on any atom is 0.192 e. The minimum atomic E-state index is 0.235. The summed E-state index contributed by atoms with van der Waals surface area (Å²) in [6.07, 6.45) is 7.81. The van der Waals surface area contributed by atoms with Gasteiger partial charge in [-0.15, -0.1) is 16.4 Å². The highest BCUT2D eigenvalue weighted by Gasteiger charge is 2.20. The van der Waals surface area contributed by atoms with Gasteiger partial charge in [0.25, 0.3) is 0 Å². The second-order valence-corrected chi connectivity index (χ2v) is 8.69. The largest absolute Gasteiger partial charge is 0.387 e. The molecule has 29 heavy (non-hydrogen) atoms. The molecular weight excluding hydrogens is 382 g/mol. The van der Waals surface area contributed by atoms with Crippen LogP contribution in [0, 0.1) is 6.92 Å². The third-order valence-electron chi connectivity index (χ3n) is 5.45. The van der Waals surface area contributed by atoms with E-state index in [0.29, 0.717) is 5.82 Å². The van der Waals surface area contributed by atoms with Crippen LogP contribution in [0.5, 0.6) is 0 Å². The van der Waals surface area contributed by atoms with Gasteiger partial charge in [-0.2, -0.15) is 0 Å². The molecule has 1 aliphatic carbocycles. The highest BCUT2D eigenvalue weighted by atomic mass is 32.1. The topological polar surface area (TPSA) is 64.7 Å². The number of aromatic nitrogens is 4. The summed E-state index contributed by atoms with van der Waals surface area (Å²) < 4.78 is 1.77. The van der Waals surface area contributed by atoms with Gasteiger partial charge >= 0.3 is 0 Å². The number of rotatable bonds is 4. The molecule has 3 aromatic heterocycles. The van der Waals surface area contributed by atoms with E-state index in [1.54, 1.807) is 10.8 Å². The lowest BCUT2D eigenvalue weighted by molar-refractivity contribution is 0.125. The molecule has 0 bridgehead atoms. The molecule has 0 spiro atoms. The van der Waals surface area contributed by atoms with Crippen molar-refractivity contribution in [1.29, 1.82) is 0 Å². The molecule has 0 unspecified atom stereocenters. The first-order valence-corrected chi connectivity index (χ1v) is 10.9. The molecule has 0 aliphatic heterocycles. The summed E-state index contributed by atoms with van der Waals surface area (Å²) in [7, 11) is 0. The van der Waals surface area contributed by atoms with E-state index in [4.69, 9.17) is 9.82 Å². The van der Waals surface area contributed by atoms with Crippen LogP contribution in [0.2, 0.25) is 0 Å². The van der Waals surface area contributed by atoms with E-state index in [0.717, 1.165) is 34.6 Å². The van der Waals surface area contributed by atoms with Crippen molar-refractivity contribution < 1.29 is 4.84 Å². The van der Waals surface area contributed by atoms with Crippen LogP contribution in [-0.4, -0.2) is 25.3 Å². The van der Waals surface area contributed by atoms with Crippen LogP contribution in [0.3, 0.4) is 0 Å². The summed E-state index contributed by atoms with van der Waals surface area (Å²) in [5, 5.41) is 9.96. The van der Waals surface area contributed by atoms with Crippen LogP contribution in [0.15, 0.2) is 35.7 Å². The molecule has 0 N–H and O–H groups in total. The van der Waals surface area contributed by atoms with Crippen molar-refractivity contribution in [3.8, 4) is 0 Å². The van der Waals surface area contributed by atoms with E-state index in [2.05, 4.69) is 34.3 Å². The first kappa shape index (κ1) is 18.2. The van der Waals surface area contributed by atoms with Crippen LogP contribution in [0.4, 0.5) is 0 Å². The van der Waals surface area contributed by atoms with Gasteiger partial charge in [0.1, 0.15) is 11.2 Å². The number of aryl methyl sites for hydroxylation is 3. The third-order valence-corrected chi connectivity index (χ3v) is 6.65. The smallest absolute Gasteiger partial charge is 0.192 e. The maximum atomic E-state index is 5.55. The SMILES string of the molecule is C/C(=N/OCc1nc2c3c4c(sc3ncn2n1)CCCCC4)c1ccc(C)cc1. The fourth-order valence-electron chi connectivity index (χ4n) is 3.87. The van der Waals surface area contributed by atoms with Crippen molar-refractivity contribution in [2.24, 2.45) is 5.16 Å². The van der Waals surface area contributed by atoms with Crippen LogP contribution < -0.4 is 0 Å². The lowest BCUT2D eigenvalue weighted by Gasteiger charge is -2.01. The summed E-state index contributed by atoms with van der Waals surface area (Å²) in [4.78, 5) is 17.5. The molecule has 6 nitrogen and oxygen atoms in total. The number of oxime groups is 1. The van der Waals surface area contributed by atoms with Gasteiger partial charge in [0.2, 0.25) is 0 Å². The Kier molecular flexibility index (Phi) is 4.75. The molecule has 4 aromatic rings. The third kappa shape index (κ3) is 3.51. The van der Waals surface area contributed by atoms with E-state index in [-0.39, 0.29) is 6.61 Å². The zero-order valence-corrected chi connectivity index (χ0v) is 17.5. The zero-order chi connectivity index (χ0) is 19.8. The normalized spacial score (nSPS) is 14.9. The van der Waals surface area contributed by atoms with Gasteiger partial charge in [0.05, 0.1) is 11.1 Å². The number of hydrogen-bond acceptors (Lipinski definition) is 6. The van der Waals surface area contributed by atoms with E-state index < -0.39 is 0 Å². The highest BCUT2D eigenvalue weighted by Crippen LogP contribution is 2.36. The van der Waals surface area contributed by atoms with Crippen LogP contribution in [0.1, 0.15) is 53.6 Å². The average molecular weight is 406 g/mol. The minimum absolute atomic E-state index is 0.235. The maximum absolute atomic E-state index is 5.55. The van der Waals surface area contributed by atoms with E-state index in [1.807, 2.05) is 30.4 Å². The number of fused-ring (bicyclic) bond motifs is 5. The fraction of sp³-hybridized carbons (Fsp3) is 0.364. The molecule has 7 heteroatoms. The zero-order valence-electron chi connectivity index (χ0n) is 16.7. The van der Waals surface area contributed by atoms with Gasteiger partial charge < -0.3 is 4.84 Å². The Labute approximate surface area is 173 Å². The standard InChI is InChI=1S/C22H23N5OS/c1-14-8-10-16(11-9-14)15(2)26-28-12-19-24-21-20-17-6-4-3-5-7-18(17)29-22(20)23-13-27(21)25-19/h8-11,13H,3-7,12H2,1-2H3/b26-15-. The Morgan fingerprint density at radius 1 is 1.17 bits per heavy atom. The second-order valence-electron chi connectivity index (χ2n) is 7.60. The summed E-state index contributed by atoms with van der Waals surface area (Å²) >= 11 is 1.81. The van der Waals surface area contributed by atoms with E-state index in [1.165, 1.54) is 40.7 Å². The second kappa shape index (κ2) is 7.55. The average Bonchev–Trinajstić information content (AvgIpc) is 3.21. The molecule has 148 valence electrons. The van der Waals surface area contributed by atoms with Crippen LogP contribution >= 0.6 is 11.3 Å². The molecule has 5 rings (SSSR count). The fourth-order valence-corrected chi connectivity index (χ4v) is 5.09. The minimum Gasteiger partial charge on any atom is -0.387 e. The van der Waals surface area contributed by atoms with Gasteiger partial charge in [-0.05, 0) is 50.7 Å². The Hall–Kier alpha value is -2.80. The first-order valence-electron chi connectivity index (χ1n) is 10.1. The van der Waals surface area contributed by atoms with Gasteiger partial charge in [-0.25, -0.2) is 14.5 Å². The molecular formula is C22H23N5OS. The summed E-state index contributed by atoms with van der Waals surface area (Å²) in [6, 6.07) is 8.23. The quantitative estimate of drug-likeness (QED) is 0.276. The lowest BCUT2D eigenvalue weighted by Crippen LogP contribution is -1.98. The van der Waals surface area contributed by atoms with Gasteiger partial charge in [0, 0.05) is 4.88 Å². The van der Waals surface area contributed by atoms with Gasteiger partial charge in [-0.1, -0.05) is 41.4 Å². The lowest BCUT2D eigenvalue weighted by atomic mass is 10.1. The summed E-state index contributed by atoms with van der Waals surface area (Å²) in [5.41, 5.74) is 5.41. The molecule has 1 aromatic carbocycles. The van der Waals surface area contributed by atoms with Crippen molar-refractivity contribution in [3.63, 3.8) is 0 Å². The van der Waals surface area contributed by atoms with Gasteiger partial charge in [-0.3, -0.25) is 0 Å². The van der Waals surface area contributed by atoms with Crippen molar-refractivity contribution in [2.75, 3.05) is 0 Å². The number of hydrogen-bond donors (Lipinski definition) is 0. The van der Waals surface area contributed by atoms with Crippen molar-refractivity contribution >= 4 is 32.9 Å².